The number of carbonyl (C=O) groups excluding carboxylic acids is 1. The predicted molar refractivity (Wildman–Crippen MR) is 104 cm³/mol. The van der Waals surface area contributed by atoms with E-state index in [0.29, 0.717) is 11.8 Å². The summed E-state index contributed by atoms with van der Waals surface area (Å²) in [6, 6.07) is 27.5. The number of hydrogen-bond acceptors (Lipinski definition) is 4. The fraction of sp³-hybridized carbons (Fsp3) is 0.0455. The summed E-state index contributed by atoms with van der Waals surface area (Å²) in [5.74, 6) is 1.72. The summed E-state index contributed by atoms with van der Waals surface area (Å²) >= 11 is 0. The van der Waals surface area contributed by atoms with Gasteiger partial charge >= 0.3 is 0 Å². The summed E-state index contributed by atoms with van der Waals surface area (Å²) in [5.41, 5.74) is 2.34. The molecule has 0 saturated carbocycles. The molecular formula is C22H18IrN3O2-. The van der Waals surface area contributed by atoms with Gasteiger partial charge in [0.1, 0.15) is 11.6 Å². The van der Waals surface area contributed by atoms with E-state index in [9.17, 15) is 4.79 Å². The first-order chi connectivity index (χ1) is 13.2. The number of aldehydes is 1. The van der Waals surface area contributed by atoms with Crippen LogP contribution in [0.4, 0.5) is 0 Å². The monoisotopic (exact) mass is 549 g/mol. The number of para-hydroxylation sites is 2. The van der Waals surface area contributed by atoms with Gasteiger partial charge in [-0.05, 0) is 31.2 Å². The van der Waals surface area contributed by atoms with Crippen LogP contribution in [0.15, 0.2) is 78.9 Å². The van der Waals surface area contributed by atoms with Gasteiger partial charge in [0.15, 0.2) is 6.29 Å². The number of nitrogens with zero attached hydrogens (tertiary/aromatic N) is 3. The topological polar surface area (TPSA) is 68.0 Å². The molecule has 4 rings (SSSR count). The minimum Gasteiger partial charge on any atom is -0.507 e. The third-order valence-electron chi connectivity index (χ3n) is 3.85. The van der Waals surface area contributed by atoms with Gasteiger partial charge in [0.2, 0.25) is 0 Å². The molecule has 0 bridgehead atoms. The number of rotatable bonds is 3. The summed E-state index contributed by atoms with van der Waals surface area (Å²) in [6.45, 7) is 1.95. The van der Waals surface area contributed by atoms with E-state index in [2.05, 4.69) is 16.3 Å². The van der Waals surface area contributed by atoms with Crippen molar-refractivity contribution in [2.24, 2.45) is 0 Å². The molecule has 0 aliphatic rings. The Morgan fingerprint density at radius 2 is 1.61 bits per heavy atom. The van der Waals surface area contributed by atoms with Crippen molar-refractivity contribution in [2.45, 2.75) is 6.92 Å². The molecule has 0 fully saturated rings. The number of carbonyl (C=O) groups is 1. The first-order valence-electron chi connectivity index (χ1n) is 8.38. The molecule has 143 valence electrons. The number of phenols is 1. The minimum absolute atomic E-state index is 0. The average Bonchev–Trinajstić information content (AvgIpc) is 3.12. The maximum atomic E-state index is 10.1. The van der Waals surface area contributed by atoms with E-state index in [1.807, 2.05) is 66.1 Å². The van der Waals surface area contributed by atoms with Crippen LogP contribution < -0.4 is 0 Å². The van der Waals surface area contributed by atoms with Gasteiger partial charge in [-0.2, -0.15) is 5.10 Å². The molecule has 0 unspecified atom stereocenters. The Bertz CT molecular complexity index is 1020. The Kier molecular flexibility index (Phi) is 7.81. The summed E-state index contributed by atoms with van der Waals surface area (Å²) in [7, 11) is 0. The predicted octanol–water partition coefficient (Wildman–Crippen LogP) is 4.25. The zero-order valence-corrected chi connectivity index (χ0v) is 17.5. The Morgan fingerprint density at radius 3 is 2.21 bits per heavy atom. The largest absolute Gasteiger partial charge is 0.507 e. The maximum Gasteiger partial charge on any atom is 0.153 e. The van der Waals surface area contributed by atoms with Gasteiger partial charge in [-0.25, -0.2) is 0 Å². The quantitative estimate of drug-likeness (QED) is 0.307. The van der Waals surface area contributed by atoms with Crippen molar-refractivity contribution in [3.63, 3.8) is 0 Å². The van der Waals surface area contributed by atoms with Crippen molar-refractivity contribution in [1.82, 2.24) is 14.8 Å². The summed E-state index contributed by atoms with van der Waals surface area (Å²) in [5, 5.41) is 17.3. The fourth-order valence-electron chi connectivity index (χ4n) is 2.54. The van der Waals surface area contributed by atoms with Crippen LogP contribution in [0.2, 0.25) is 0 Å². The van der Waals surface area contributed by atoms with E-state index in [4.69, 9.17) is 5.11 Å². The molecular weight excluding hydrogens is 530 g/mol. The zero-order chi connectivity index (χ0) is 19.1. The SMILES string of the molecule is Cc1nnc(-c2[c-]cccc2)n1-c1ccccc1.O=Cc1ccccc1O.[Ir]. The molecule has 0 spiro atoms. The molecule has 0 aliphatic carbocycles. The molecule has 1 radical (unpaired) electrons. The first kappa shape index (κ1) is 21.2. The number of hydrogen-bond donors (Lipinski definition) is 1. The Hall–Kier alpha value is -3.08. The van der Waals surface area contributed by atoms with E-state index < -0.39 is 0 Å². The van der Waals surface area contributed by atoms with Crippen LogP contribution in [0.1, 0.15) is 16.2 Å². The second kappa shape index (κ2) is 10.3. The standard InChI is InChI=1S/C15H12N3.C7H6O2.Ir/c1-12-16-17-15(13-8-4-2-5-9-13)18(12)14-10-6-3-7-11-14;8-5-6-3-1-2-4-7(6)9;/h2-8,10-11H,1H3;1-5,9H;/q-1;;. The van der Waals surface area contributed by atoms with Gasteiger partial charge in [0.25, 0.3) is 0 Å². The van der Waals surface area contributed by atoms with Crippen LogP contribution in [0.5, 0.6) is 5.75 Å². The van der Waals surface area contributed by atoms with Gasteiger partial charge < -0.3 is 9.67 Å². The minimum atomic E-state index is 0. The van der Waals surface area contributed by atoms with Crippen LogP contribution in [0.3, 0.4) is 0 Å². The van der Waals surface area contributed by atoms with E-state index in [1.165, 1.54) is 6.07 Å². The van der Waals surface area contributed by atoms with E-state index in [-0.39, 0.29) is 25.9 Å². The third kappa shape index (κ3) is 5.00. The molecule has 1 N–H and O–H groups in total. The van der Waals surface area contributed by atoms with Crippen LogP contribution in [-0.4, -0.2) is 26.2 Å². The molecule has 4 aromatic rings. The fourth-order valence-corrected chi connectivity index (χ4v) is 2.54. The number of benzene rings is 3. The van der Waals surface area contributed by atoms with E-state index >= 15 is 0 Å². The van der Waals surface area contributed by atoms with Crippen molar-refractivity contribution in [2.75, 3.05) is 0 Å². The first-order valence-corrected chi connectivity index (χ1v) is 8.38. The van der Waals surface area contributed by atoms with Crippen LogP contribution in [0.25, 0.3) is 17.1 Å². The molecule has 3 aromatic carbocycles. The number of aromatic nitrogens is 3. The average molecular weight is 549 g/mol. The van der Waals surface area contributed by atoms with Gasteiger partial charge in [0, 0.05) is 25.8 Å². The van der Waals surface area contributed by atoms with Crippen LogP contribution in [0, 0.1) is 13.0 Å². The van der Waals surface area contributed by atoms with Crippen molar-refractivity contribution in [1.29, 1.82) is 0 Å². The molecule has 28 heavy (non-hydrogen) atoms. The summed E-state index contributed by atoms with van der Waals surface area (Å²) in [6.07, 6.45) is 0.620. The Morgan fingerprint density at radius 1 is 0.929 bits per heavy atom. The van der Waals surface area contributed by atoms with Crippen molar-refractivity contribution < 1.29 is 30.0 Å². The van der Waals surface area contributed by atoms with Crippen molar-refractivity contribution in [3.05, 3.63) is 96.3 Å². The molecule has 0 saturated heterocycles. The molecule has 1 aromatic heterocycles. The van der Waals surface area contributed by atoms with Gasteiger partial charge in [-0.15, -0.1) is 41.0 Å². The van der Waals surface area contributed by atoms with Crippen LogP contribution >= 0.6 is 0 Å². The van der Waals surface area contributed by atoms with E-state index in [0.717, 1.165) is 22.9 Å². The summed E-state index contributed by atoms with van der Waals surface area (Å²) in [4.78, 5) is 10.1. The molecule has 0 amide bonds. The molecule has 0 atom stereocenters. The second-order valence-electron chi connectivity index (χ2n) is 5.69. The molecule has 6 heteroatoms. The van der Waals surface area contributed by atoms with Crippen molar-refractivity contribution in [3.8, 4) is 22.8 Å². The molecule has 5 nitrogen and oxygen atoms in total. The van der Waals surface area contributed by atoms with Crippen LogP contribution in [-0.2, 0) is 20.1 Å². The maximum absolute atomic E-state index is 10.1. The van der Waals surface area contributed by atoms with Crippen molar-refractivity contribution >= 4 is 6.29 Å². The number of phenolic OH excluding ortho intramolecular Hbond substituents is 1. The summed E-state index contributed by atoms with van der Waals surface area (Å²) < 4.78 is 2.03. The normalized spacial score (nSPS) is 9.61. The smallest absolute Gasteiger partial charge is 0.153 e. The Balaban J connectivity index is 0.000000239. The van der Waals surface area contributed by atoms with Gasteiger partial charge in [0.05, 0.1) is 11.4 Å². The number of aromatic hydroxyl groups is 1. The number of aryl methyl sites for hydroxylation is 1. The molecule has 1 heterocycles. The second-order valence-corrected chi connectivity index (χ2v) is 5.69. The third-order valence-corrected chi connectivity index (χ3v) is 3.85. The molecule has 0 aliphatic heterocycles. The Labute approximate surface area is 177 Å². The van der Waals surface area contributed by atoms with Gasteiger partial charge in [-0.3, -0.25) is 4.79 Å². The zero-order valence-electron chi connectivity index (χ0n) is 15.1. The van der Waals surface area contributed by atoms with Gasteiger partial charge in [-0.1, -0.05) is 30.3 Å². The van der Waals surface area contributed by atoms with E-state index in [1.54, 1.807) is 18.2 Å².